The predicted molar refractivity (Wildman–Crippen MR) is 87.3 cm³/mol. The molecule has 2 fully saturated rings. The van der Waals surface area contributed by atoms with Crippen LogP contribution in [0.3, 0.4) is 0 Å². The third-order valence-electron chi connectivity index (χ3n) is 4.53. The number of piperidine rings is 1. The fourth-order valence-electron chi connectivity index (χ4n) is 3.32. The highest BCUT2D eigenvalue weighted by molar-refractivity contribution is 6.32. The number of halogens is 1. The van der Waals surface area contributed by atoms with Crippen LogP contribution in [-0.2, 0) is 6.42 Å². The van der Waals surface area contributed by atoms with E-state index in [0.29, 0.717) is 6.04 Å². The monoisotopic (exact) mass is 308 g/mol. The lowest BCUT2D eigenvalue weighted by Crippen LogP contribution is -2.35. The van der Waals surface area contributed by atoms with Crippen molar-refractivity contribution < 1.29 is 4.74 Å². The highest BCUT2D eigenvalue weighted by Crippen LogP contribution is 2.29. The standard InChI is InChI=1S/C17H25ClN2O/c1-20-9-7-15(12-20)21-17-6-5-13(11-16(17)18)10-14-4-2-3-8-19-14/h5-6,11,14-15,19H,2-4,7-10,12H2,1H3. The van der Waals surface area contributed by atoms with Crippen LogP contribution in [0.4, 0.5) is 0 Å². The molecule has 116 valence electrons. The summed E-state index contributed by atoms with van der Waals surface area (Å²) in [5.41, 5.74) is 1.30. The van der Waals surface area contributed by atoms with Gasteiger partial charge in [-0.25, -0.2) is 0 Å². The normalized spacial score (nSPS) is 27.0. The summed E-state index contributed by atoms with van der Waals surface area (Å²) < 4.78 is 6.03. The van der Waals surface area contributed by atoms with Gasteiger partial charge in [-0.15, -0.1) is 0 Å². The second kappa shape index (κ2) is 6.99. The van der Waals surface area contributed by atoms with Crippen LogP contribution in [0, 0.1) is 0 Å². The maximum absolute atomic E-state index is 6.40. The van der Waals surface area contributed by atoms with Crippen LogP contribution in [-0.4, -0.2) is 43.7 Å². The number of nitrogens with zero attached hydrogens (tertiary/aromatic N) is 1. The first kappa shape index (κ1) is 15.1. The van der Waals surface area contributed by atoms with Gasteiger partial charge in [-0.1, -0.05) is 24.1 Å². The summed E-state index contributed by atoms with van der Waals surface area (Å²) in [6.07, 6.45) is 6.33. The van der Waals surface area contributed by atoms with Crippen molar-refractivity contribution in [1.82, 2.24) is 10.2 Å². The largest absolute Gasteiger partial charge is 0.487 e. The lowest BCUT2D eigenvalue weighted by atomic mass is 9.98. The second-order valence-corrected chi connectivity index (χ2v) is 6.81. The Morgan fingerprint density at radius 1 is 1.33 bits per heavy atom. The highest BCUT2D eigenvalue weighted by Gasteiger charge is 2.22. The number of rotatable bonds is 4. The zero-order chi connectivity index (χ0) is 14.7. The lowest BCUT2D eigenvalue weighted by Gasteiger charge is -2.23. The van der Waals surface area contributed by atoms with E-state index >= 15 is 0 Å². The molecule has 0 radical (unpaired) electrons. The Labute approximate surface area is 132 Å². The molecule has 2 aliphatic heterocycles. The molecule has 0 aliphatic carbocycles. The van der Waals surface area contributed by atoms with Crippen molar-refractivity contribution in [1.29, 1.82) is 0 Å². The van der Waals surface area contributed by atoms with Crippen LogP contribution in [0.2, 0.25) is 5.02 Å². The summed E-state index contributed by atoms with van der Waals surface area (Å²) in [7, 11) is 2.13. The molecular weight excluding hydrogens is 284 g/mol. The Balaban J connectivity index is 1.59. The van der Waals surface area contributed by atoms with E-state index in [1.165, 1.54) is 24.8 Å². The second-order valence-electron chi connectivity index (χ2n) is 6.41. The number of nitrogens with one attached hydrogen (secondary N) is 1. The topological polar surface area (TPSA) is 24.5 Å². The molecule has 0 spiro atoms. The zero-order valence-electron chi connectivity index (χ0n) is 12.8. The Hall–Kier alpha value is -0.770. The number of benzene rings is 1. The zero-order valence-corrected chi connectivity index (χ0v) is 13.5. The molecule has 21 heavy (non-hydrogen) atoms. The van der Waals surface area contributed by atoms with Crippen molar-refractivity contribution in [2.45, 2.75) is 44.2 Å². The van der Waals surface area contributed by atoms with Gasteiger partial charge in [-0.2, -0.15) is 0 Å². The van der Waals surface area contributed by atoms with Crippen LogP contribution in [0.5, 0.6) is 5.75 Å². The maximum Gasteiger partial charge on any atom is 0.138 e. The Morgan fingerprint density at radius 2 is 2.24 bits per heavy atom. The molecule has 2 unspecified atom stereocenters. The van der Waals surface area contributed by atoms with E-state index in [0.717, 1.165) is 43.2 Å². The van der Waals surface area contributed by atoms with E-state index in [4.69, 9.17) is 16.3 Å². The van der Waals surface area contributed by atoms with E-state index < -0.39 is 0 Å². The molecule has 2 aliphatic rings. The lowest BCUT2D eigenvalue weighted by molar-refractivity contribution is 0.208. The first-order valence-corrected chi connectivity index (χ1v) is 8.45. The van der Waals surface area contributed by atoms with Crippen molar-refractivity contribution >= 4 is 11.6 Å². The number of hydrogen-bond donors (Lipinski definition) is 1. The van der Waals surface area contributed by atoms with Crippen LogP contribution < -0.4 is 10.1 Å². The number of hydrogen-bond acceptors (Lipinski definition) is 3. The Kier molecular flexibility index (Phi) is 5.04. The van der Waals surface area contributed by atoms with E-state index in [1.54, 1.807) is 0 Å². The van der Waals surface area contributed by atoms with Crippen molar-refractivity contribution in [2.24, 2.45) is 0 Å². The van der Waals surface area contributed by atoms with Gasteiger partial charge in [0.25, 0.3) is 0 Å². The van der Waals surface area contributed by atoms with Crippen LogP contribution in [0.1, 0.15) is 31.2 Å². The SMILES string of the molecule is CN1CCC(Oc2ccc(CC3CCCCN3)cc2Cl)C1. The quantitative estimate of drug-likeness (QED) is 0.925. The van der Waals surface area contributed by atoms with E-state index in [-0.39, 0.29) is 6.10 Å². The summed E-state index contributed by atoms with van der Waals surface area (Å²) in [6.45, 7) is 3.24. The molecule has 2 atom stereocenters. The molecule has 2 saturated heterocycles. The molecular formula is C17H25ClN2O. The predicted octanol–water partition coefficient (Wildman–Crippen LogP) is 3.11. The fraction of sp³-hybridized carbons (Fsp3) is 0.647. The van der Waals surface area contributed by atoms with E-state index in [2.05, 4.69) is 29.4 Å². The molecule has 1 N–H and O–H groups in total. The Bertz CT molecular complexity index is 474. The van der Waals surface area contributed by atoms with E-state index in [9.17, 15) is 0 Å². The third-order valence-corrected chi connectivity index (χ3v) is 4.83. The van der Waals surface area contributed by atoms with Crippen molar-refractivity contribution in [2.75, 3.05) is 26.7 Å². The van der Waals surface area contributed by atoms with Gasteiger partial charge in [0.1, 0.15) is 11.9 Å². The van der Waals surface area contributed by atoms with Crippen LogP contribution in [0.15, 0.2) is 18.2 Å². The summed E-state index contributed by atoms with van der Waals surface area (Å²) in [6, 6.07) is 6.88. The molecule has 3 nitrogen and oxygen atoms in total. The van der Waals surface area contributed by atoms with Crippen molar-refractivity contribution in [3.63, 3.8) is 0 Å². The molecule has 1 aromatic rings. The number of ether oxygens (including phenoxy) is 1. The number of likely N-dealkylation sites (tertiary alicyclic amines) is 1. The minimum atomic E-state index is 0.276. The van der Waals surface area contributed by atoms with Gasteiger partial charge >= 0.3 is 0 Å². The molecule has 3 rings (SSSR count). The minimum absolute atomic E-state index is 0.276. The molecule has 0 bridgehead atoms. The molecule has 2 heterocycles. The highest BCUT2D eigenvalue weighted by atomic mass is 35.5. The van der Waals surface area contributed by atoms with Gasteiger partial charge in [0.2, 0.25) is 0 Å². The van der Waals surface area contributed by atoms with E-state index in [1.807, 2.05) is 6.07 Å². The first-order valence-electron chi connectivity index (χ1n) is 8.08. The summed E-state index contributed by atoms with van der Waals surface area (Å²) in [5.74, 6) is 0.831. The number of likely N-dealkylation sites (N-methyl/N-ethyl adjacent to an activating group) is 1. The fourth-order valence-corrected chi connectivity index (χ4v) is 3.57. The third kappa shape index (κ3) is 4.12. The summed E-state index contributed by atoms with van der Waals surface area (Å²) >= 11 is 6.40. The molecule has 0 saturated carbocycles. The molecule has 0 amide bonds. The maximum atomic E-state index is 6.40. The average Bonchev–Trinajstić information content (AvgIpc) is 2.88. The molecule has 0 aromatic heterocycles. The van der Waals surface area contributed by atoms with Gasteiger partial charge in [-0.05, 0) is 57.0 Å². The van der Waals surface area contributed by atoms with Gasteiger partial charge in [0.15, 0.2) is 0 Å². The van der Waals surface area contributed by atoms with Crippen molar-refractivity contribution in [3.8, 4) is 5.75 Å². The average molecular weight is 309 g/mol. The van der Waals surface area contributed by atoms with Gasteiger partial charge in [0, 0.05) is 19.1 Å². The van der Waals surface area contributed by atoms with Crippen molar-refractivity contribution in [3.05, 3.63) is 28.8 Å². The molecule has 1 aromatic carbocycles. The minimum Gasteiger partial charge on any atom is -0.487 e. The first-order chi connectivity index (χ1) is 10.2. The summed E-state index contributed by atoms with van der Waals surface area (Å²) in [5, 5.41) is 4.33. The van der Waals surface area contributed by atoms with Crippen LogP contribution >= 0.6 is 11.6 Å². The Morgan fingerprint density at radius 3 is 2.90 bits per heavy atom. The summed E-state index contributed by atoms with van der Waals surface area (Å²) in [4.78, 5) is 2.29. The molecule has 4 heteroatoms. The van der Waals surface area contributed by atoms with Crippen LogP contribution in [0.25, 0.3) is 0 Å². The smallest absolute Gasteiger partial charge is 0.138 e. The van der Waals surface area contributed by atoms with Gasteiger partial charge in [-0.3, -0.25) is 0 Å². The van der Waals surface area contributed by atoms with Gasteiger partial charge < -0.3 is 15.0 Å². The van der Waals surface area contributed by atoms with Gasteiger partial charge in [0.05, 0.1) is 5.02 Å².